The van der Waals surface area contributed by atoms with Gasteiger partial charge in [-0.2, -0.15) is 0 Å². The number of rotatable bonds is 3. The van der Waals surface area contributed by atoms with Crippen LogP contribution in [0.25, 0.3) is 0 Å². The lowest BCUT2D eigenvalue weighted by molar-refractivity contribution is -0.122. The SMILES string of the molecule is NC(=O)C1CCC(Nc2cnccn2)CC1. The van der Waals surface area contributed by atoms with Gasteiger partial charge in [0.2, 0.25) is 5.91 Å². The van der Waals surface area contributed by atoms with E-state index in [1.165, 1.54) is 0 Å². The van der Waals surface area contributed by atoms with E-state index in [0.29, 0.717) is 6.04 Å². The molecular formula is C11H16N4O. The second-order valence-corrected chi connectivity index (χ2v) is 4.19. The van der Waals surface area contributed by atoms with Crippen molar-refractivity contribution in [3.63, 3.8) is 0 Å². The van der Waals surface area contributed by atoms with Crippen molar-refractivity contribution >= 4 is 11.7 Å². The van der Waals surface area contributed by atoms with Gasteiger partial charge in [0.15, 0.2) is 0 Å². The van der Waals surface area contributed by atoms with Gasteiger partial charge in [0, 0.05) is 24.4 Å². The number of nitrogens with zero attached hydrogens (tertiary/aromatic N) is 2. The highest BCUT2D eigenvalue weighted by molar-refractivity contribution is 5.76. The lowest BCUT2D eigenvalue weighted by Gasteiger charge is -2.27. The van der Waals surface area contributed by atoms with Crippen LogP contribution in [0.4, 0.5) is 5.82 Å². The number of carbonyl (C=O) groups excluding carboxylic acids is 1. The van der Waals surface area contributed by atoms with Crippen LogP contribution in [0.15, 0.2) is 18.6 Å². The Labute approximate surface area is 94.5 Å². The number of nitrogens with one attached hydrogen (secondary N) is 1. The second-order valence-electron chi connectivity index (χ2n) is 4.19. The summed E-state index contributed by atoms with van der Waals surface area (Å²) in [6, 6.07) is 0.382. The number of primary amides is 1. The van der Waals surface area contributed by atoms with Crippen LogP contribution in [0.2, 0.25) is 0 Å². The molecule has 5 nitrogen and oxygen atoms in total. The van der Waals surface area contributed by atoms with Crippen LogP contribution in [0.3, 0.4) is 0 Å². The summed E-state index contributed by atoms with van der Waals surface area (Å²) in [5.74, 6) is 0.683. The summed E-state index contributed by atoms with van der Waals surface area (Å²) in [6.07, 6.45) is 8.68. The number of aromatic nitrogens is 2. The van der Waals surface area contributed by atoms with Crippen molar-refractivity contribution in [1.29, 1.82) is 0 Å². The molecule has 0 bridgehead atoms. The molecule has 1 saturated carbocycles. The van der Waals surface area contributed by atoms with Gasteiger partial charge in [0.05, 0.1) is 6.20 Å². The van der Waals surface area contributed by atoms with Crippen molar-refractivity contribution in [1.82, 2.24) is 9.97 Å². The van der Waals surface area contributed by atoms with E-state index >= 15 is 0 Å². The molecule has 0 radical (unpaired) electrons. The number of hydrogen-bond donors (Lipinski definition) is 2. The molecule has 5 heteroatoms. The molecule has 1 aliphatic carbocycles. The first-order valence-electron chi connectivity index (χ1n) is 5.57. The van der Waals surface area contributed by atoms with Crippen LogP contribution >= 0.6 is 0 Å². The van der Waals surface area contributed by atoms with E-state index in [2.05, 4.69) is 15.3 Å². The van der Waals surface area contributed by atoms with E-state index < -0.39 is 0 Å². The molecule has 0 aliphatic heterocycles. The third-order valence-electron chi connectivity index (χ3n) is 3.04. The molecule has 2 rings (SSSR count). The molecule has 0 unspecified atom stereocenters. The zero-order valence-electron chi connectivity index (χ0n) is 9.10. The molecule has 0 spiro atoms. The minimum absolute atomic E-state index is 0.0555. The van der Waals surface area contributed by atoms with Crippen molar-refractivity contribution in [3.05, 3.63) is 18.6 Å². The van der Waals surface area contributed by atoms with Crippen LogP contribution in [-0.2, 0) is 4.79 Å². The molecule has 3 N–H and O–H groups in total. The Morgan fingerprint density at radius 1 is 1.31 bits per heavy atom. The van der Waals surface area contributed by atoms with Gasteiger partial charge in [-0.05, 0) is 25.7 Å². The van der Waals surface area contributed by atoms with Crippen molar-refractivity contribution in [2.75, 3.05) is 5.32 Å². The predicted molar refractivity (Wildman–Crippen MR) is 60.6 cm³/mol. The molecule has 1 aliphatic rings. The fraction of sp³-hybridized carbons (Fsp3) is 0.545. The average molecular weight is 220 g/mol. The maximum absolute atomic E-state index is 11.0. The summed E-state index contributed by atoms with van der Waals surface area (Å²) >= 11 is 0. The number of amides is 1. The summed E-state index contributed by atoms with van der Waals surface area (Å²) < 4.78 is 0. The maximum atomic E-state index is 11.0. The molecule has 86 valence electrons. The Bertz CT molecular complexity index is 346. The summed E-state index contributed by atoms with van der Waals surface area (Å²) in [7, 11) is 0. The summed E-state index contributed by atoms with van der Waals surface area (Å²) in [5, 5.41) is 3.31. The van der Waals surface area contributed by atoms with Gasteiger partial charge >= 0.3 is 0 Å². The molecule has 1 aromatic heterocycles. The lowest BCUT2D eigenvalue weighted by Crippen LogP contribution is -2.32. The largest absolute Gasteiger partial charge is 0.369 e. The van der Waals surface area contributed by atoms with Gasteiger partial charge in [-0.1, -0.05) is 0 Å². The first-order chi connectivity index (χ1) is 7.75. The predicted octanol–water partition coefficient (Wildman–Crippen LogP) is 0.933. The monoisotopic (exact) mass is 220 g/mol. The van der Waals surface area contributed by atoms with Gasteiger partial charge in [0.1, 0.15) is 5.82 Å². The molecule has 1 heterocycles. The summed E-state index contributed by atoms with van der Waals surface area (Å²) in [4.78, 5) is 19.2. The lowest BCUT2D eigenvalue weighted by atomic mass is 9.85. The van der Waals surface area contributed by atoms with Crippen LogP contribution < -0.4 is 11.1 Å². The van der Waals surface area contributed by atoms with Gasteiger partial charge in [0.25, 0.3) is 0 Å². The molecule has 0 saturated heterocycles. The van der Waals surface area contributed by atoms with Crippen LogP contribution in [0, 0.1) is 5.92 Å². The van der Waals surface area contributed by atoms with Crippen LogP contribution in [-0.4, -0.2) is 21.9 Å². The van der Waals surface area contributed by atoms with Crippen molar-refractivity contribution in [2.24, 2.45) is 11.7 Å². The van der Waals surface area contributed by atoms with Crippen LogP contribution in [0.5, 0.6) is 0 Å². The van der Waals surface area contributed by atoms with E-state index in [1.807, 2.05) is 0 Å². The highest BCUT2D eigenvalue weighted by Gasteiger charge is 2.24. The Hall–Kier alpha value is -1.65. The quantitative estimate of drug-likeness (QED) is 0.794. The van der Waals surface area contributed by atoms with E-state index in [-0.39, 0.29) is 11.8 Å². The molecule has 1 fully saturated rings. The topological polar surface area (TPSA) is 80.9 Å². The van der Waals surface area contributed by atoms with Gasteiger partial charge in [-0.15, -0.1) is 0 Å². The van der Waals surface area contributed by atoms with Gasteiger partial charge in [-0.25, -0.2) is 4.98 Å². The summed E-state index contributed by atoms with van der Waals surface area (Å²) in [6.45, 7) is 0. The Balaban J connectivity index is 1.84. The molecule has 1 amide bonds. The Kier molecular flexibility index (Phi) is 3.34. The van der Waals surface area contributed by atoms with Crippen molar-refractivity contribution in [3.8, 4) is 0 Å². The molecule has 1 aromatic rings. The number of nitrogens with two attached hydrogens (primary N) is 1. The minimum Gasteiger partial charge on any atom is -0.369 e. The van der Waals surface area contributed by atoms with E-state index in [9.17, 15) is 4.79 Å². The highest BCUT2D eigenvalue weighted by Crippen LogP contribution is 2.25. The Morgan fingerprint density at radius 3 is 2.62 bits per heavy atom. The zero-order chi connectivity index (χ0) is 11.4. The molecular weight excluding hydrogens is 204 g/mol. The Morgan fingerprint density at radius 2 is 2.06 bits per heavy atom. The summed E-state index contributed by atoms with van der Waals surface area (Å²) in [5.41, 5.74) is 5.28. The third-order valence-corrected chi connectivity index (χ3v) is 3.04. The van der Waals surface area contributed by atoms with Crippen molar-refractivity contribution in [2.45, 2.75) is 31.7 Å². The average Bonchev–Trinajstić information content (AvgIpc) is 2.31. The standard InChI is InChI=1S/C11H16N4O/c12-11(16)8-1-3-9(4-2-8)15-10-7-13-5-6-14-10/h5-9H,1-4H2,(H2,12,16)(H,14,15). The second kappa shape index (κ2) is 4.92. The first-order valence-corrected chi connectivity index (χ1v) is 5.57. The number of anilines is 1. The van der Waals surface area contributed by atoms with E-state index in [4.69, 9.17) is 5.73 Å². The fourth-order valence-corrected chi connectivity index (χ4v) is 2.11. The van der Waals surface area contributed by atoms with Gasteiger partial charge in [-0.3, -0.25) is 9.78 Å². The first kappa shape index (κ1) is 10.9. The minimum atomic E-state index is -0.169. The normalized spacial score (nSPS) is 25.0. The fourth-order valence-electron chi connectivity index (χ4n) is 2.11. The molecule has 0 aromatic carbocycles. The molecule has 0 atom stereocenters. The molecule has 16 heavy (non-hydrogen) atoms. The van der Waals surface area contributed by atoms with E-state index in [0.717, 1.165) is 31.5 Å². The van der Waals surface area contributed by atoms with Gasteiger partial charge < -0.3 is 11.1 Å². The highest BCUT2D eigenvalue weighted by atomic mass is 16.1. The third kappa shape index (κ3) is 2.68. The zero-order valence-corrected chi connectivity index (χ0v) is 9.10. The number of carbonyl (C=O) groups is 1. The van der Waals surface area contributed by atoms with E-state index in [1.54, 1.807) is 18.6 Å². The maximum Gasteiger partial charge on any atom is 0.220 e. The van der Waals surface area contributed by atoms with Crippen molar-refractivity contribution < 1.29 is 4.79 Å². The smallest absolute Gasteiger partial charge is 0.220 e. The van der Waals surface area contributed by atoms with Crippen LogP contribution in [0.1, 0.15) is 25.7 Å². The number of hydrogen-bond acceptors (Lipinski definition) is 4.